The van der Waals surface area contributed by atoms with Crippen molar-refractivity contribution >= 4 is 21.6 Å². The van der Waals surface area contributed by atoms with Crippen LogP contribution in [0.4, 0.5) is 5.69 Å². The minimum Gasteiger partial charge on any atom is -0.494 e. The Morgan fingerprint density at radius 3 is 2.53 bits per heavy atom. The van der Waals surface area contributed by atoms with Gasteiger partial charge in [-0.15, -0.1) is 0 Å². The molecule has 0 aliphatic rings. The predicted octanol–water partition coefficient (Wildman–Crippen LogP) is 4.01. The van der Waals surface area contributed by atoms with Gasteiger partial charge in [-0.05, 0) is 52.7 Å². The van der Waals surface area contributed by atoms with Crippen LogP contribution in [0.25, 0.3) is 0 Å². The maximum absolute atomic E-state index is 5.82. The van der Waals surface area contributed by atoms with Crippen molar-refractivity contribution in [2.24, 2.45) is 0 Å². The second-order valence-electron chi connectivity index (χ2n) is 3.97. The van der Waals surface area contributed by atoms with E-state index >= 15 is 0 Å². The Morgan fingerprint density at radius 2 is 1.89 bits per heavy atom. The monoisotopic (exact) mass is 322 g/mol. The van der Waals surface area contributed by atoms with Crippen molar-refractivity contribution in [1.29, 1.82) is 0 Å². The van der Waals surface area contributed by atoms with E-state index in [0.29, 0.717) is 23.9 Å². The van der Waals surface area contributed by atoms with Crippen LogP contribution < -0.4 is 15.2 Å². The van der Waals surface area contributed by atoms with Crippen molar-refractivity contribution in [3.63, 3.8) is 0 Å². The molecule has 19 heavy (non-hydrogen) atoms. The molecule has 2 aromatic rings. The zero-order valence-corrected chi connectivity index (χ0v) is 12.2. The number of anilines is 1. The van der Waals surface area contributed by atoms with E-state index in [1.807, 2.05) is 24.3 Å². The number of rotatable bonds is 5. The topological polar surface area (TPSA) is 57.4 Å². The summed E-state index contributed by atoms with van der Waals surface area (Å²) in [4.78, 5) is 4.12. The summed E-state index contributed by atoms with van der Waals surface area (Å²) in [5.41, 5.74) is 6.31. The Labute approximate surface area is 120 Å². The molecule has 4 nitrogen and oxygen atoms in total. The van der Waals surface area contributed by atoms with E-state index < -0.39 is 0 Å². The van der Waals surface area contributed by atoms with Crippen LogP contribution in [0.1, 0.15) is 13.3 Å². The Hall–Kier alpha value is -1.75. The second kappa shape index (κ2) is 6.43. The third kappa shape index (κ3) is 3.86. The van der Waals surface area contributed by atoms with E-state index in [-0.39, 0.29) is 0 Å². The fraction of sp³-hybridized carbons (Fsp3) is 0.214. The highest BCUT2D eigenvalue weighted by Gasteiger charge is 2.04. The Morgan fingerprint density at radius 1 is 1.21 bits per heavy atom. The van der Waals surface area contributed by atoms with E-state index in [9.17, 15) is 0 Å². The largest absolute Gasteiger partial charge is 0.494 e. The van der Waals surface area contributed by atoms with E-state index in [4.69, 9.17) is 15.2 Å². The molecule has 0 saturated carbocycles. The molecule has 0 amide bonds. The molecular formula is C14H15BrN2O2. The molecule has 0 fully saturated rings. The van der Waals surface area contributed by atoms with Crippen LogP contribution in [0.3, 0.4) is 0 Å². The first kappa shape index (κ1) is 13.7. The van der Waals surface area contributed by atoms with E-state index in [1.54, 1.807) is 12.3 Å². The van der Waals surface area contributed by atoms with Crippen LogP contribution >= 0.6 is 15.9 Å². The van der Waals surface area contributed by atoms with Gasteiger partial charge in [-0.3, -0.25) is 0 Å². The van der Waals surface area contributed by atoms with Crippen molar-refractivity contribution in [2.75, 3.05) is 12.3 Å². The summed E-state index contributed by atoms with van der Waals surface area (Å²) in [6.45, 7) is 2.78. The molecule has 2 rings (SSSR count). The third-order valence-electron chi connectivity index (χ3n) is 2.36. The number of benzene rings is 1. The van der Waals surface area contributed by atoms with Crippen LogP contribution in [-0.2, 0) is 0 Å². The maximum Gasteiger partial charge on any atom is 0.242 e. The molecule has 0 aliphatic carbocycles. The number of ether oxygens (including phenoxy) is 2. The summed E-state index contributed by atoms with van der Waals surface area (Å²) in [5, 5.41) is 0. The standard InChI is InChI=1S/C14H15BrN2O2/c1-2-7-18-11-3-5-12(6-4-11)19-14-13(16)8-10(15)9-17-14/h3-6,8-9H,2,7,16H2,1H3. The van der Waals surface area contributed by atoms with Gasteiger partial charge in [0.05, 0.1) is 12.3 Å². The van der Waals surface area contributed by atoms with Crippen LogP contribution in [0.2, 0.25) is 0 Å². The summed E-state index contributed by atoms with van der Waals surface area (Å²) in [7, 11) is 0. The van der Waals surface area contributed by atoms with Crippen molar-refractivity contribution in [3.05, 3.63) is 41.0 Å². The molecule has 0 unspecified atom stereocenters. The smallest absolute Gasteiger partial charge is 0.242 e. The van der Waals surface area contributed by atoms with Gasteiger partial charge in [0.1, 0.15) is 11.5 Å². The SMILES string of the molecule is CCCOc1ccc(Oc2ncc(Br)cc2N)cc1. The summed E-state index contributed by atoms with van der Waals surface area (Å²) >= 11 is 3.30. The molecule has 0 aliphatic heterocycles. The van der Waals surface area contributed by atoms with Gasteiger partial charge >= 0.3 is 0 Å². The van der Waals surface area contributed by atoms with E-state index in [2.05, 4.69) is 27.8 Å². The summed E-state index contributed by atoms with van der Waals surface area (Å²) < 4.78 is 11.9. The van der Waals surface area contributed by atoms with Crippen molar-refractivity contribution in [3.8, 4) is 17.4 Å². The lowest BCUT2D eigenvalue weighted by Crippen LogP contribution is -1.96. The molecule has 0 bridgehead atoms. The fourth-order valence-electron chi connectivity index (χ4n) is 1.46. The number of nitrogen functional groups attached to an aromatic ring is 1. The van der Waals surface area contributed by atoms with Gasteiger partial charge in [-0.2, -0.15) is 0 Å². The summed E-state index contributed by atoms with van der Waals surface area (Å²) in [6.07, 6.45) is 2.63. The quantitative estimate of drug-likeness (QED) is 0.903. The minimum absolute atomic E-state index is 0.394. The molecule has 1 heterocycles. The number of hydrogen-bond donors (Lipinski definition) is 1. The zero-order valence-electron chi connectivity index (χ0n) is 10.6. The van der Waals surface area contributed by atoms with Gasteiger partial charge in [0.2, 0.25) is 5.88 Å². The van der Waals surface area contributed by atoms with Gasteiger partial charge in [0.15, 0.2) is 0 Å². The molecular weight excluding hydrogens is 308 g/mol. The van der Waals surface area contributed by atoms with Gasteiger partial charge < -0.3 is 15.2 Å². The second-order valence-corrected chi connectivity index (χ2v) is 4.89. The Bertz CT molecular complexity index is 544. The Balaban J connectivity index is 2.06. The highest BCUT2D eigenvalue weighted by molar-refractivity contribution is 9.10. The molecule has 0 saturated heterocycles. The number of halogens is 1. The molecule has 0 spiro atoms. The van der Waals surface area contributed by atoms with Gasteiger partial charge in [0, 0.05) is 10.7 Å². The van der Waals surface area contributed by atoms with Crippen LogP contribution in [-0.4, -0.2) is 11.6 Å². The lowest BCUT2D eigenvalue weighted by atomic mass is 10.3. The number of aromatic nitrogens is 1. The third-order valence-corrected chi connectivity index (χ3v) is 2.79. The fourth-order valence-corrected chi connectivity index (χ4v) is 1.81. The van der Waals surface area contributed by atoms with E-state index in [0.717, 1.165) is 16.6 Å². The van der Waals surface area contributed by atoms with Gasteiger partial charge in [-0.25, -0.2) is 4.98 Å². The number of hydrogen-bond acceptors (Lipinski definition) is 4. The molecule has 2 N–H and O–H groups in total. The van der Waals surface area contributed by atoms with Crippen molar-refractivity contribution in [1.82, 2.24) is 4.98 Å². The molecule has 5 heteroatoms. The van der Waals surface area contributed by atoms with E-state index in [1.165, 1.54) is 0 Å². The minimum atomic E-state index is 0.394. The first-order chi connectivity index (χ1) is 9.19. The summed E-state index contributed by atoms with van der Waals surface area (Å²) in [5.74, 6) is 1.89. The first-order valence-corrected chi connectivity index (χ1v) is 6.80. The average Bonchev–Trinajstić information content (AvgIpc) is 2.41. The average molecular weight is 323 g/mol. The summed E-state index contributed by atoms with van der Waals surface area (Å²) in [6, 6.07) is 9.13. The highest BCUT2D eigenvalue weighted by atomic mass is 79.9. The molecule has 100 valence electrons. The zero-order chi connectivity index (χ0) is 13.7. The van der Waals surface area contributed by atoms with Crippen LogP contribution in [0.15, 0.2) is 41.0 Å². The number of nitrogens with zero attached hydrogens (tertiary/aromatic N) is 1. The number of nitrogens with two attached hydrogens (primary N) is 1. The number of pyridine rings is 1. The first-order valence-electron chi connectivity index (χ1n) is 6.01. The normalized spacial score (nSPS) is 10.2. The molecule has 1 aromatic heterocycles. The predicted molar refractivity (Wildman–Crippen MR) is 78.7 cm³/mol. The van der Waals surface area contributed by atoms with Gasteiger partial charge in [-0.1, -0.05) is 6.92 Å². The highest BCUT2D eigenvalue weighted by Crippen LogP contribution is 2.28. The van der Waals surface area contributed by atoms with Crippen LogP contribution in [0.5, 0.6) is 17.4 Å². The lowest BCUT2D eigenvalue weighted by Gasteiger charge is -2.08. The lowest BCUT2D eigenvalue weighted by molar-refractivity contribution is 0.317. The van der Waals surface area contributed by atoms with Crippen molar-refractivity contribution < 1.29 is 9.47 Å². The Kier molecular flexibility index (Phi) is 4.63. The van der Waals surface area contributed by atoms with Gasteiger partial charge in [0.25, 0.3) is 0 Å². The molecule has 0 radical (unpaired) electrons. The molecule has 1 aromatic carbocycles. The van der Waals surface area contributed by atoms with Crippen LogP contribution in [0, 0.1) is 0 Å². The van der Waals surface area contributed by atoms with Crippen molar-refractivity contribution in [2.45, 2.75) is 13.3 Å². The molecule has 0 atom stereocenters. The maximum atomic E-state index is 5.82.